The van der Waals surface area contributed by atoms with Crippen LogP contribution in [0.5, 0.6) is 11.6 Å². The van der Waals surface area contributed by atoms with Crippen molar-refractivity contribution in [2.45, 2.75) is 31.9 Å². The van der Waals surface area contributed by atoms with Gasteiger partial charge in [0.1, 0.15) is 12.1 Å². The van der Waals surface area contributed by atoms with E-state index in [0.29, 0.717) is 17.7 Å². The minimum Gasteiger partial charge on any atom is -0.475 e. The van der Waals surface area contributed by atoms with Crippen molar-refractivity contribution in [1.82, 2.24) is 15.3 Å². The van der Waals surface area contributed by atoms with Crippen LogP contribution in [-0.2, 0) is 4.79 Å². The van der Waals surface area contributed by atoms with Crippen molar-refractivity contribution in [3.63, 3.8) is 0 Å². The molecule has 0 saturated carbocycles. The van der Waals surface area contributed by atoms with Gasteiger partial charge in [0, 0.05) is 25.1 Å². The summed E-state index contributed by atoms with van der Waals surface area (Å²) in [5.74, 6) is -0.342. The van der Waals surface area contributed by atoms with Gasteiger partial charge in [-0.25, -0.2) is 14.8 Å². The minimum atomic E-state index is -5.08. The van der Waals surface area contributed by atoms with Gasteiger partial charge in [0.2, 0.25) is 5.88 Å². The van der Waals surface area contributed by atoms with E-state index in [1.807, 2.05) is 18.2 Å². The second-order valence-corrected chi connectivity index (χ2v) is 6.27. The van der Waals surface area contributed by atoms with Crippen molar-refractivity contribution in [2.24, 2.45) is 0 Å². The Hall–Kier alpha value is -2.68. The summed E-state index contributed by atoms with van der Waals surface area (Å²) in [7, 11) is 0. The lowest BCUT2D eigenvalue weighted by Gasteiger charge is -2.26. The predicted molar refractivity (Wildman–Crippen MR) is 91.9 cm³/mol. The van der Waals surface area contributed by atoms with Gasteiger partial charge in [-0.3, -0.25) is 0 Å². The van der Waals surface area contributed by atoms with E-state index in [9.17, 15) is 13.2 Å². The van der Waals surface area contributed by atoms with E-state index in [0.717, 1.165) is 24.5 Å². The van der Waals surface area contributed by atoms with Crippen molar-refractivity contribution in [1.29, 1.82) is 0 Å². The average molecular weight is 383 g/mol. The molecule has 1 aromatic carbocycles. The second kappa shape index (κ2) is 8.81. The highest BCUT2D eigenvalue weighted by atomic mass is 19.4. The Bertz CT molecular complexity index is 778. The standard InChI is InChI=1S/C16H19N3O.C2HF3O2/c1-11(2)12-4-3-5-14(6-12)20-16-7-15(18-10-19-16)13-8-17-9-13;3-2(4,5)1(6)7/h3-7,10-11,13,17H,8-9H2,1-2H3;(H,6,7). The first kappa shape index (κ1) is 20.6. The van der Waals surface area contributed by atoms with Gasteiger partial charge in [0.25, 0.3) is 0 Å². The third-order valence-electron chi connectivity index (χ3n) is 3.85. The van der Waals surface area contributed by atoms with Gasteiger partial charge in [-0.05, 0) is 23.6 Å². The summed E-state index contributed by atoms with van der Waals surface area (Å²) in [4.78, 5) is 17.4. The van der Waals surface area contributed by atoms with Crippen LogP contribution in [0.25, 0.3) is 0 Å². The summed E-state index contributed by atoms with van der Waals surface area (Å²) >= 11 is 0. The lowest BCUT2D eigenvalue weighted by atomic mass is 9.99. The van der Waals surface area contributed by atoms with Crippen molar-refractivity contribution >= 4 is 5.97 Å². The van der Waals surface area contributed by atoms with Crippen LogP contribution in [0.3, 0.4) is 0 Å². The summed E-state index contributed by atoms with van der Waals surface area (Å²) in [6.07, 6.45) is -3.50. The molecule has 1 aliphatic heterocycles. The van der Waals surface area contributed by atoms with Crippen LogP contribution in [-0.4, -0.2) is 40.3 Å². The molecule has 0 atom stereocenters. The number of hydrogen-bond donors (Lipinski definition) is 2. The predicted octanol–water partition coefficient (Wildman–Crippen LogP) is 3.71. The molecule has 0 radical (unpaired) electrons. The molecule has 0 unspecified atom stereocenters. The number of halogens is 3. The van der Waals surface area contributed by atoms with Gasteiger partial charge >= 0.3 is 12.1 Å². The maximum absolute atomic E-state index is 10.6. The van der Waals surface area contributed by atoms with E-state index < -0.39 is 12.1 Å². The number of benzene rings is 1. The maximum atomic E-state index is 10.6. The summed E-state index contributed by atoms with van der Waals surface area (Å²) < 4.78 is 37.6. The number of aromatic nitrogens is 2. The number of alkyl halides is 3. The zero-order valence-electron chi connectivity index (χ0n) is 14.8. The van der Waals surface area contributed by atoms with Crippen LogP contribution in [0.2, 0.25) is 0 Å². The fraction of sp³-hybridized carbons (Fsp3) is 0.389. The Morgan fingerprint density at radius 1 is 1.26 bits per heavy atom. The fourth-order valence-electron chi connectivity index (χ4n) is 2.19. The quantitative estimate of drug-likeness (QED) is 0.837. The van der Waals surface area contributed by atoms with Crippen LogP contribution in [0.1, 0.15) is 36.9 Å². The largest absolute Gasteiger partial charge is 0.490 e. The normalized spacial score (nSPS) is 14.1. The Kier molecular flexibility index (Phi) is 6.73. The highest BCUT2D eigenvalue weighted by Gasteiger charge is 2.38. The van der Waals surface area contributed by atoms with Crippen LogP contribution < -0.4 is 10.1 Å². The molecule has 9 heteroatoms. The highest BCUT2D eigenvalue weighted by molar-refractivity contribution is 5.73. The molecule has 2 aromatic rings. The molecule has 6 nitrogen and oxygen atoms in total. The Balaban J connectivity index is 0.000000321. The molecule has 1 fully saturated rings. The number of ether oxygens (including phenoxy) is 1. The Morgan fingerprint density at radius 2 is 1.93 bits per heavy atom. The number of nitrogens with one attached hydrogen (secondary N) is 1. The van der Waals surface area contributed by atoms with E-state index >= 15 is 0 Å². The summed E-state index contributed by atoms with van der Waals surface area (Å²) in [6.45, 7) is 6.32. The molecule has 0 bridgehead atoms. The first-order valence-electron chi connectivity index (χ1n) is 8.27. The SMILES string of the molecule is CC(C)c1cccc(Oc2cc(C3CNC3)ncn2)c1.O=C(O)C(F)(F)F. The summed E-state index contributed by atoms with van der Waals surface area (Å²) in [6, 6.07) is 10.1. The van der Waals surface area contributed by atoms with Gasteiger partial charge in [-0.15, -0.1) is 0 Å². The lowest BCUT2D eigenvalue weighted by molar-refractivity contribution is -0.192. The number of hydrogen-bond acceptors (Lipinski definition) is 5. The van der Waals surface area contributed by atoms with Crippen molar-refractivity contribution < 1.29 is 27.8 Å². The molecule has 1 aliphatic rings. The number of carboxylic acid groups (broad SMARTS) is 1. The number of nitrogens with zero attached hydrogens (tertiary/aromatic N) is 2. The lowest BCUT2D eigenvalue weighted by Crippen LogP contribution is -2.40. The van der Waals surface area contributed by atoms with E-state index in [4.69, 9.17) is 14.6 Å². The number of rotatable bonds is 4. The molecule has 1 saturated heterocycles. The molecular formula is C18H20F3N3O3. The first-order chi connectivity index (χ1) is 12.7. The van der Waals surface area contributed by atoms with Crippen LogP contribution in [0.4, 0.5) is 13.2 Å². The number of carboxylic acids is 1. The molecule has 3 rings (SSSR count). The molecule has 0 spiro atoms. The molecular weight excluding hydrogens is 363 g/mol. The number of carbonyl (C=O) groups is 1. The molecule has 2 N–H and O–H groups in total. The van der Waals surface area contributed by atoms with E-state index in [2.05, 4.69) is 41.3 Å². The molecule has 0 amide bonds. The van der Waals surface area contributed by atoms with Crippen molar-refractivity contribution in [2.75, 3.05) is 13.1 Å². The molecule has 2 heterocycles. The molecule has 1 aromatic heterocycles. The summed E-state index contributed by atoms with van der Waals surface area (Å²) in [5.41, 5.74) is 2.31. The minimum absolute atomic E-state index is 0.487. The molecule has 27 heavy (non-hydrogen) atoms. The summed E-state index contributed by atoms with van der Waals surface area (Å²) in [5, 5.41) is 10.4. The third kappa shape index (κ3) is 6.21. The topological polar surface area (TPSA) is 84.3 Å². The monoisotopic (exact) mass is 383 g/mol. The van der Waals surface area contributed by atoms with Gasteiger partial charge in [-0.1, -0.05) is 26.0 Å². The van der Waals surface area contributed by atoms with Crippen LogP contribution in [0.15, 0.2) is 36.7 Å². The van der Waals surface area contributed by atoms with Crippen LogP contribution >= 0.6 is 0 Å². The van der Waals surface area contributed by atoms with E-state index in [-0.39, 0.29) is 0 Å². The molecule has 146 valence electrons. The Morgan fingerprint density at radius 3 is 2.44 bits per heavy atom. The van der Waals surface area contributed by atoms with Gasteiger partial charge in [0.15, 0.2) is 0 Å². The zero-order valence-corrected chi connectivity index (χ0v) is 14.8. The number of aliphatic carboxylic acids is 1. The van der Waals surface area contributed by atoms with Crippen molar-refractivity contribution in [3.05, 3.63) is 47.9 Å². The highest BCUT2D eigenvalue weighted by Crippen LogP contribution is 2.26. The van der Waals surface area contributed by atoms with Crippen molar-refractivity contribution in [3.8, 4) is 11.6 Å². The van der Waals surface area contributed by atoms with Gasteiger partial charge in [0.05, 0.1) is 5.69 Å². The fourth-order valence-corrected chi connectivity index (χ4v) is 2.19. The maximum Gasteiger partial charge on any atom is 0.490 e. The van der Waals surface area contributed by atoms with E-state index in [1.54, 1.807) is 6.33 Å². The molecule has 0 aliphatic carbocycles. The van der Waals surface area contributed by atoms with Crippen LogP contribution in [0, 0.1) is 0 Å². The van der Waals surface area contributed by atoms with Gasteiger partial charge < -0.3 is 15.2 Å². The average Bonchev–Trinajstić information content (AvgIpc) is 2.53. The smallest absolute Gasteiger partial charge is 0.475 e. The Labute approximate surface area is 154 Å². The first-order valence-corrected chi connectivity index (χ1v) is 8.27. The third-order valence-corrected chi connectivity index (χ3v) is 3.85. The van der Waals surface area contributed by atoms with E-state index in [1.165, 1.54) is 5.56 Å². The van der Waals surface area contributed by atoms with Gasteiger partial charge in [-0.2, -0.15) is 13.2 Å². The second-order valence-electron chi connectivity index (χ2n) is 6.27. The zero-order chi connectivity index (χ0) is 20.0.